The Hall–Kier alpha value is -4.51. The summed E-state index contributed by atoms with van der Waals surface area (Å²) in [5.41, 5.74) is 4.11. The van der Waals surface area contributed by atoms with Gasteiger partial charge in [0.15, 0.2) is 5.13 Å². The van der Waals surface area contributed by atoms with Crippen molar-refractivity contribution >= 4 is 69.1 Å². The standard InChI is InChI=1S/C34H30N4O3S3/c1-3-30(33(41)38-34-37-29(21-43-34)23-16-14-22(2)15-17-23)44-27-12-7-11-25(19-27)35-32(40)28(20-26-13-8-18-42-26)36-31(39)24-9-5-4-6-10-24/h4-21,30H,3H2,1-2H3,(H,35,40)(H,36,39)(H,37,38,41)/b28-20-. The van der Waals surface area contributed by atoms with E-state index in [4.69, 9.17) is 0 Å². The number of benzene rings is 3. The third-order valence-electron chi connectivity index (χ3n) is 6.47. The van der Waals surface area contributed by atoms with Gasteiger partial charge in [-0.2, -0.15) is 0 Å². The maximum atomic E-state index is 13.4. The normalized spacial score (nSPS) is 11.9. The zero-order chi connectivity index (χ0) is 30.9. The Morgan fingerprint density at radius 2 is 1.70 bits per heavy atom. The molecule has 0 fully saturated rings. The van der Waals surface area contributed by atoms with Gasteiger partial charge in [0.2, 0.25) is 5.91 Å². The van der Waals surface area contributed by atoms with Gasteiger partial charge in [-0.25, -0.2) is 4.98 Å². The second-order valence-electron chi connectivity index (χ2n) is 9.78. The van der Waals surface area contributed by atoms with Crippen molar-refractivity contribution in [2.45, 2.75) is 30.4 Å². The molecular formula is C34H30N4O3S3. The number of nitrogens with one attached hydrogen (secondary N) is 3. The average molecular weight is 639 g/mol. The fraction of sp³-hybridized carbons (Fsp3) is 0.118. The van der Waals surface area contributed by atoms with Crippen molar-refractivity contribution in [1.82, 2.24) is 10.3 Å². The molecule has 5 aromatic rings. The van der Waals surface area contributed by atoms with Gasteiger partial charge in [-0.05, 0) is 61.2 Å². The van der Waals surface area contributed by atoms with Crippen LogP contribution in [-0.2, 0) is 9.59 Å². The van der Waals surface area contributed by atoms with Crippen molar-refractivity contribution in [3.8, 4) is 11.3 Å². The number of anilines is 2. The van der Waals surface area contributed by atoms with Gasteiger partial charge in [0.25, 0.3) is 11.8 Å². The summed E-state index contributed by atoms with van der Waals surface area (Å²) in [5.74, 6) is -0.972. The van der Waals surface area contributed by atoms with Crippen LogP contribution < -0.4 is 16.0 Å². The molecule has 0 bridgehead atoms. The predicted octanol–water partition coefficient (Wildman–Crippen LogP) is 8.10. The van der Waals surface area contributed by atoms with Crippen LogP contribution in [0.3, 0.4) is 0 Å². The number of nitrogens with zero attached hydrogens (tertiary/aromatic N) is 1. The van der Waals surface area contributed by atoms with Gasteiger partial charge in [0.05, 0.1) is 10.9 Å². The van der Waals surface area contributed by atoms with Crippen LogP contribution in [0.15, 0.2) is 112 Å². The van der Waals surface area contributed by atoms with Gasteiger partial charge in [0, 0.05) is 32.0 Å². The van der Waals surface area contributed by atoms with E-state index in [-0.39, 0.29) is 22.8 Å². The van der Waals surface area contributed by atoms with Crippen LogP contribution in [-0.4, -0.2) is 28.0 Å². The molecule has 222 valence electrons. The quantitative estimate of drug-likeness (QED) is 0.100. The minimum absolute atomic E-state index is 0.124. The molecule has 3 aromatic carbocycles. The van der Waals surface area contributed by atoms with E-state index in [9.17, 15) is 14.4 Å². The number of thioether (sulfide) groups is 1. The fourth-order valence-corrected chi connectivity index (χ4v) is 6.56. The SMILES string of the molecule is CCC(Sc1cccc(NC(=O)/C(=C/c2cccs2)NC(=O)c2ccccc2)c1)C(=O)Nc1nc(-c2ccc(C)cc2)cs1. The highest BCUT2D eigenvalue weighted by Gasteiger charge is 2.20. The zero-order valence-corrected chi connectivity index (χ0v) is 26.5. The first-order chi connectivity index (χ1) is 21.4. The molecule has 44 heavy (non-hydrogen) atoms. The van der Waals surface area contributed by atoms with Crippen LogP contribution in [0.4, 0.5) is 10.8 Å². The van der Waals surface area contributed by atoms with E-state index >= 15 is 0 Å². The Morgan fingerprint density at radius 1 is 0.909 bits per heavy atom. The summed E-state index contributed by atoms with van der Waals surface area (Å²) in [6.45, 7) is 4.00. The highest BCUT2D eigenvalue weighted by Crippen LogP contribution is 2.30. The number of thiazole rings is 1. The summed E-state index contributed by atoms with van der Waals surface area (Å²) in [5, 5.41) is 12.6. The van der Waals surface area contributed by atoms with Crippen molar-refractivity contribution in [1.29, 1.82) is 0 Å². The van der Waals surface area contributed by atoms with Gasteiger partial charge in [-0.15, -0.1) is 34.4 Å². The molecule has 0 saturated heterocycles. The number of aryl methyl sites for hydroxylation is 1. The summed E-state index contributed by atoms with van der Waals surface area (Å²) >= 11 is 4.27. The smallest absolute Gasteiger partial charge is 0.272 e. The topological polar surface area (TPSA) is 100 Å². The van der Waals surface area contributed by atoms with E-state index in [1.54, 1.807) is 36.4 Å². The summed E-state index contributed by atoms with van der Waals surface area (Å²) in [6, 6.07) is 27.9. The lowest BCUT2D eigenvalue weighted by Gasteiger charge is -2.15. The van der Waals surface area contributed by atoms with Gasteiger partial charge < -0.3 is 16.0 Å². The van der Waals surface area contributed by atoms with E-state index in [0.29, 0.717) is 22.8 Å². The highest BCUT2D eigenvalue weighted by atomic mass is 32.2. The lowest BCUT2D eigenvalue weighted by atomic mass is 10.1. The lowest BCUT2D eigenvalue weighted by Crippen LogP contribution is -2.30. The molecule has 2 heterocycles. The Labute approximate surface area is 268 Å². The summed E-state index contributed by atoms with van der Waals surface area (Å²) < 4.78 is 0. The Morgan fingerprint density at radius 3 is 2.43 bits per heavy atom. The summed E-state index contributed by atoms with van der Waals surface area (Å²) in [7, 11) is 0. The minimum atomic E-state index is -0.456. The number of hydrogen-bond donors (Lipinski definition) is 3. The Kier molecular flexibility index (Phi) is 10.4. The number of hydrogen-bond acceptors (Lipinski definition) is 7. The van der Waals surface area contributed by atoms with Gasteiger partial charge in [0.1, 0.15) is 5.70 Å². The van der Waals surface area contributed by atoms with Gasteiger partial charge in [-0.3, -0.25) is 14.4 Å². The maximum Gasteiger partial charge on any atom is 0.272 e. The molecular weight excluding hydrogens is 609 g/mol. The maximum absolute atomic E-state index is 13.4. The molecule has 0 aliphatic rings. The number of amides is 3. The molecule has 2 aromatic heterocycles. The third-order valence-corrected chi connectivity index (χ3v) is 9.41. The molecule has 3 amide bonds. The minimum Gasteiger partial charge on any atom is -0.321 e. The van der Waals surface area contributed by atoms with E-state index in [1.807, 2.05) is 85.3 Å². The van der Waals surface area contributed by atoms with Crippen molar-refractivity contribution in [3.05, 3.63) is 123 Å². The van der Waals surface area contributed by atoms with Gasteiger partial charge in [-0.1, -0.05) is 67.1 Å². The second-order valence-corrected chi connectivity index (χ2v) is 12.9. The van der Waals surface area contributed by atoms with E-state index in [1.165, 1.54) is 40.0 Å². The lowest BCUT2D eigenvalue weighted by molar-refractivity contribution is -0.116. The molecule has 10 heteroatoms. The Balaban J connectivity index is 1.25. The van der Waals surface area contributed by atoms with Gasteiger partial charge >= 0.3 is 0 Å². The first kappa shape index (κ1) is 30.9. The van der Waals surface area contributed by atoms with Crippen LogP contribution in [0, 0.1) is 6.92 Å². The van der Waals surface area contributed by atoms with Crippen LogP contribution in [0.1, 0.15) is 34.1 Å². The number of thiophene rings is 1. The highest BCUT2D eigenvalue weighted by molar-refractivity contribution is 8.00. The van der Waals surface area contributed by atoms with E-state index in [2.05, 4.69) is 20.9 Å². The fourth-order valence-electron chi connectivity index (χ4n) is 4.16. The monoisotopic (exact) mass is 638 g/mol. The van der Waals surface area contributed by atoms with Crippen molar-refractivity contribution in [2.75, 3.05) is 10.6 Å². The molecule has 0 saturated carbocycles. The van der Waals surface area contributed by atoms with E-state index < -0.39 is 5.91 Å². The number of carbonyl (C=O) groups excluding carboxylic acids is 3. The predicted molar refractivity (Wildman–Crippen MR) is 182 cm³/mol. The molecule has 0 radical (unpaired) electrons. The van der Waals surface area contributed by atoms with Crippen LogP contribution in [0.5, 0.6) is 0 Å². The summed E-state index contributed by atoms with van der Waals surface area (Å²) in [6.07, 6.45) is 2.25. The zero-order valence-electron chi connectivity index (χ0n) is 24.1. The van der Waals surface area contributed by atoms with Crippen molar-refractivity contribution < 1.29 is 14.4 Å². The molecule has 1 atom stereocenters. The first-order valence-corrected chi connectivity index (χ1v) is 16.5. The van der Waals surface area contributed by atoms with Crippen LogP contribution >= 0.6 is 34.4 Å². The second kappa shape index (κ2) is 14.8. The molecule has 5 rings (SSSR count). The molecule has 0 aliphatic carbocycles. The molecule has 3 N–H and O–H groups in total. The van der Waals surface area contributed by atoms with Crippen LogP contribution in [0.25, 0.3) is 17.3 Å². The van der Waals surface area contributed by atoms with Crippen LogP contribution in [0.2, 0.25) is 0 Å². The number of rotatable bonds is 11. The molecule has 0 spiro atoms. The first-order valence-electron chi connectivity index (χ1n) is 13.9. The van der Waals surface area contributed by atoms with Crippen molar-refractivity contribution in [3.63, 3.8) is 0 Å². The van der Waals surface area contributed by atoms with Crippen molar-refractivity contribution in [2.24, 2.45) is 0 Å². The summed E-state index contributed by atoms with van der Waals surface area (Å²) in [4.78, 5) is 45.6. The third kappa shape index (κ3) is 8.31. The number of carbonyl (C=O) groups is 3. The number of aromatic nitrogens is 1. The Bertz CT molecular complexity index is 1770. The largest absolute Gasteiger partial charge is 0.321 e. The molecule has 0 aliphatic heterocycles. The van der Waals surface area contributed by atoms with E-state index in [0.717, 1.165) is 21.0 Å². The molecule has 1 unspecified atom stereocenters. The molecule has 7 nitrogen and oxygen atoms in total. The average Bonchev–Trinajstić information content (AvgIpc) is 3.73.